The van der Waals surface area contributed by atoms with E-state index in [1.54, 1.807) is 0 Å². The van der Waals surface area contributed by atoms with Gasteiger partial charge in [-0.05, 0) is 50.7 Å². The summed E-state index contributed by atoms with van der Waals surface area (Å²) in [6.07, 6.45) is 5.69. The van der Waals surface area contributed by atoms with Crippen molar-refractivity contribution in [1.82, 2.24) is 15.2 Å². The van der Waals surface area contributed by atoms with Gasteiger partial charge in [0.2, 0.25) is 11.8 Å². The molecule has 1 saturated heterocycles. The number of hydrogen-bond donors (Lipinski definition) is 2. The van der Waals surface area contributed by atoms with Gasteiger partial charge in [-0.2, -0.15) is 0 Å². The topological polar surface area (TPSA) is 65.2 Å². The molecule has 27 heavy (non-hydrogen) atoms. The maximum absolute atomic E-state index is 12.5. The van der Waals surface area contributed by atoms with Crippen molar-refractivity contribution in [2.45, 2.75) is 45.4 Å². The molecule has 1 aromatic heterocycles. The highest BCUT2D eigenvalue weighted by Crippen LogP contribution is 2.30. The van der Waals surface area contributed by atoms with Crippen LogP contribution in [0.5, 0.6) is 0 Å². The predicted molar refractivity (Wildman–Crippen MR) is 106 cm³/mol. The molecule has 0 atom stereocenters. The minimum absolute atomic E-state index is 0.0412. The maximum Gasteiger partial charge on any atom is 0.225 e. The fourth-order valence-corrected chi connectivity index (χ4v) is 4.39. The van der Waals surface area contributed by atoms with Gasteiger partial charge < -0.3 is 15.2 Å². The Morgan fingerprint density at radius 1 is 1.11 bits per heavy atom. The number of carbonyl (C=O) groups excluding carboxylic acids is 2. The number of aromatic nitrogens is 1. The number of benzene rings is 1. The van der Waals surface area contributed by atoms with Gasteiger partial charge in [-0.15, -0.1) is 0 Å². The van der Waals surface area contributed by atoms with E-state index in [4.69, 9.17) is 0 Å². The average Bonchev–Trinajstić information content (AvgIpc) is 2.96. The van der Waals surface area contributed by atoms with Gasteiger partial charge in [0.05, 0.1) is 0 Å². The summed E-state index contributed by atoms with van der Waals surface area (Å²) < 4.78 is 0. The molecule has 0 radical (unpaired) electrons. The first-order valence-electron chi connectivity index (χ1n) is 10.3. The maximum atomic E-state index is 12.5. The molecule has 2 aliphatic rings. The van der Waals surface area contributed by atoms with Crippen molar-refractivity contribution in [3.05, 3.63) is 35.5 Å². The molecule has 4 rings (SSSR count). The number of hydrogen-bond acceptors (Lipinski definition) is 2. The standard InChI is InChI=1S/C22H29N3O2/c1-15-18(19-7-2-3-8-20(19)24-15)9-12-23-21(26)16-10-13-25(14-11-16)22(27)17-5-4-6-17/h2-3,7-8,16-17,24H,4-6,9-14H2,1H3,(H,23,26). The van der Waals surface area contributed by atoms with Crippen molar-refractivity contribution >= 4 is 22.7 Å². The highest BCUT2D eigenvalue weighted by molar-refractivity contribution is 5.85. The van der Waals surface area contributed by atoms with Crippen LogP contribution in [0.2, 0.25) is 0 Å². The molecule has 2 aromatic rings. The van der Waals surface area contributed by atoms with Crippen LogP contribution in [0.3, 0.4) is 0 Å². The summed E-state index contributed by atoms with van der Waals surface area (Å²) in [6.45, 7) is 4.21. The second kappa shape index (κ2) is 7.75. The normalized spacial score (nSPS) is 18.5. The number of likely N-dealkylation sites (tertiary alicyclic amines) is 1. The van der Waals surface area contributed by atoms with E-state index in [1.807, 2.05) is 11.0 Å². The van der Waals surface area contributed by atoms with Crippen molar-refractivity contribution in [2.75, 3.05) is 19.6 Å². The van der Waals surface area contributed by atoms with Gasteiger partial charge in [0.15, 0.2) is 0 Å². The molecule has 144 valence electrons. The molecule has 2 N–H and O–H groups in total. The molecule has 0 unspecified atom stereocenters. The number of aryl methyl sites for hydroxylation is 1. The smallest absolute Gasteiger partial charge is 0.225 e. The second-order valence-corrected chi connectivity index (χ2v) is 8.04. The van der Waals surface area contributed by atoms with Crippen molar-refractivity contribution in [1.29, 1.82) is 0 Å². The van der Waals surface area contributed by atoms with Gasteiger partial charge in [0.25, 0.3) is 0 Å². The molecule has 5 heteroatoms. The summed E-state index contributed by atoms with van der Waals surface area (Å²) in [6, 6.07) is 8.30. The van der Waals surface area contributed by atoms with Gasteiger partial charge in [-0.3, -0.25) is 9.59 Å². The van der Waals surface area contributed by atoms with Gasteiger partial charge >= 0.3 is 0 Å². The van der Waals surface area contributed by atoms with Crippen molar-refractivity contribution in [3.8, 4) is 0 Å². The fraction of sp³-hybridized carbons (Fsp3) is 0.545. The SMILES string of the molecule is Cc1[nH]c2ccccc2c1CCNC(=O)C1CCN(C(=O)C2CCC2)CC1. The second-order valence-electron chi connectivity index (χ2n) is 8.04. The summed E-state index contributed by atoms with van der Waals surface area (Å²) in [7, 11) is 0. The summed E-state index contributed by atoms with van der Waals surface area (Å²) in [5.74, 6) is 0.757. The number of aromatic amines is 1. The van der Waals surface area contributed by atoms with Gasteiger partial charge in [0.1, 0.15) is 0 Å². The number of para-hydroxylation sites is 1. The number of amides is 2. The third kappa shape index (κ3) is 3.73. The van der Waals surface area contributed by atoms with Crippen LogP contribution < -0.4 is 5.32 Å². The quantitative estimate of drug-likeness (QED) is 0.852. The van der Waals surface area contributed by atoms with E-state index < -0.39 is 0 Å². The Morgan fingerprint density at radius 2 is 1.85 bits per heavy atom. The summed E-state index contributed by atoms with van der Waals surface area (Å²) >= 11 is 0. The highest BCUT2D eigenvalue weighted by atomic mass is 16.2. The lowest BCUT2D eigenvalue weighted by molar-refractivity contribution is -0.141. The van der Waals surface area contributed by atoms with E-state index in [2.05, 4.69) is 35.4 Å². The molecule has 0 spiro atoms. The van der Waals surface area contributed by atoms with Crippen LogP contribution in [0, 0.1) is 18.8 Å². The van der Waals surface area contributed by atoms with Crippen LogP contribution in [0.15, 0.2) is 24.3 Å². The van der Waals surface area contributed by atoms with E-state index in [1.165, 1.54) is 23.1 Å². The van der Waals surface area contributed by atoms with E-state index in [0.29, 0.717) is 12.5 Å². The van der Waals surface area contributed by atoms with Crippen LogP contribution >= 0.6 is 0 Å². The van der Waals surface area contributed by atoms with Crippen LogP contribution in [0.4, 0.5) is 0 Å². The number of fused-ring (bicyclic) bond motifs is 1. The molecular formula is C22H29N3O2. The highest BCUT2D eigenvalue weighted by Gasteiger charge is 2.33. The zero-order valence-corrected chi connectivity index (χ0v) is 16.1. The molecule has 5 nitrogen and oxygen atoms in total. The Hall–Kier alpha value is -2.30. The average molecular weight is 367 g/mol. The third-order valence-corrected chi connectivity index (χ3v) is 6.33. The molecule has 1 aliphatic heterocycles. The first-order chi connectivity index (χ1) is 13.1. The lowest BCUT2D eigenvalue weighted by Gasteiger charge is -2.36. The van der Waals surface area contributed by atoms with E-state index in [9.17, 15) is 9.59 Å². The summed E-state index contributed by atoms with van der Waals surface area (Å²) in [4.78, 5) is 30.2. The Balaban J connectivity index is 1.25. The molecule has 0 bridgehead atoms. The molecule has 2 amide bonds. The number of piperidine rings is 1. The third-order valence-electron chi connectivity index (χ3n) is 6.33. The molecule has 2 heterocycles. The Kier molecular flexibility index (Phi) is 5.19. The van der Waals surface area contributed by atoms with Crippen molar-refractivity contribution in [2.24, 2.45) is 11.8 Å². The van der Waals surface area contributed by atoms with Gasteiger partial charge in [-0.1, -0.05) is 24.6 Å². The predicted octanol–water partition coefficient (Wildman–Crippen LogP) is 3.17. The molecule has 2 fully saturated rings. The zero-order chi connectivity index (χ0) is 18.8. The number of nitrogens with one attached hydrogen (secondary N) is 2. The minimum Gasteiger partial charge on any atom is -0.358 e. The van der Waals surface area contributed by atoms with Crippen molar-refractivity contribution in [3.63, 3.8) is 0 Å². The molecular weight excluding hydrogens is 338 g/mol. The first-order valence-corrected chi connectivity index (χ1v) is 10.3. The molecule has 1 aliphatic carbocycles. The lowest BCUT2D eigenvalue weighted by atomic mass is 9.83. The molecule has 1 saturated carbocycles. The number of carbonyl (C=O) groups is 2. The number of H-pyrrole nitrogens is 1. The van der Waals surface area contributed by atoms with E-state index in [-0.39, 0.29) is 17.7 Å². The van der Waals surface area contributed by atoms with Crippen LogP contribution in [0.1, 0.15) is 43.4 Å². The van der Waals surface area contributed by atoms with E-state index in [0.717, 1.165) is 50.7 Å². The van der Waals surface area contributed by atoms with Crippen LogP contribution in [0.25, 0.3) is 10.9 Å². The van der Waals surface area contributed by atoms with Gasteiger partial charge in [-0.25, -0.2) is 0 Å². The lowest BCUT2D eigenvalue weighted by Crippen LogP contribution is -2.46. The zero-order valence-electron chi connectivity index (χ0n) is 16.1. The summed E-state index contributed by atoms with van der Waals surface area (Å²) in [5, 5.41) is 4.36. The largest absolute Gasteiger partial charge is 0.358 e. The van der Waals surface area contributed by atoms with Crippen molar-refractivity contribution < 1.29 is 9.59 Å². The Labute approximate surface area is 160 Å². The Morgan fingerprint density at radius 3 is 2.56 bits per heavy atom. The van der Waals surface area contributed by atoms with Crippen LogP contribution in [-0.2, 0) is 16.0 Å². The fourth-order valence-electron chi connectivity index (χ4n) is 4.39. The minimum atomic E-state index is 0.0412. The van der Waals surface area contributed by atoms with Gasteiger partial charge in [0, 0.05) is 48.1 Å². The molecule has 1 aromatic carbocycles. The number of rotatable bonds is 5. The number of nitrogens with zero attached hydrogens (tertiary/aromatic N) is 1. The van der Waals surface area contributed by atoms with E-state index >= 15 is 0 Å². The van der Waals surface area contributed by atoms with Crippen LogP contribution in [-0.4, -0.2) is 41.3 Å². The summed E-state index contributed by atoms with van der Waals surface area (Å²) in [5.41, 5.74) is 3.61. The monoisotopic (exact) mass is 367 g/mol. The Bertz CT molecular complexity index is 829. The first kappa shape index (κ1) is 18.1.